The molecule has 1 fully saturated rings. The predicted octanol–water partition coefficient (Wildman–Crippen LogP) is 2.48. The maximum absolute atomic E-state index is 11.3. The number of fused-ring (bicyclic) bond motifs is 1. The number of rotatable bonds is 4. The van der Waals surface area contributed by atoms with E-state index in [9.17, 15) is 4.79 Å². The first-order chi connectivity index (χ1) is 13.1. The number of hydrogen-bond donors (Lipinski definition) is 1. The average molecular weight is 363 g/mol. The molecule has 0 unspecified atom stereocenters. The molecule has 138 valence electrons. The Hall–Kier alpha value is -3.22. The molecule has 0 saturated carbocycles. The molecule has 7 heteroatoms. The van der Waals surface area contributed by atoms with Crippen LogP contribution in [0.1, 0.15) is 28.9 Å². The van der Waals surface area contributed by atoms with Crippen molar-refractivity contribution >= 4 is 22.6 Å². The summed E-state index contributed by atoms with van der Waals surface area (Å²) in [5.41, 5.74) is 7.65. The van der Waals surface area contributed by atoms with Crippen molar-refractivity contribution in [2.45, 2.75) is 25.9 Å². The van der Waals surface area contributed by atoms with Crippen LogP contribution in [0.25, 0.3) is 10.9 Å². The lowest BCUT2D eigenvalue weighted by Gasteiger charge is -2.33. The van der Waals surface area contributed by atoms with Gasteiger partial charge in [0, 0.05) is 43.6 Å². The minimum atomic E-state index is -0.554. The molecule has 0 aliphatic carbocycles. The van der Waals surface area contributed by atoms with Gasteiger partial charge in [0.15, 0.2) is 0 Å². The third kappa shape index (κ3) is 3.67. The van der Waals surface area contributed by atoms with Gasteiger partial charge in [0.2, 0.25) is 0 Å². The molecule has 2 aromatic heterocycles. The SMILES string of the molecule is Cc1ccc2ncnc(N3CCC(Oc4ccnc(C(N)=O)c4)CC3)c2c1. The first-order valence-electron chi connectivity index (χ1n) is 8.99. The molecule has 1 aliphatic heterocycles. The van der Waals surface area contributed by atoms with Crippen LogP contribution < -0.4 is 15.4 Å². The third-order valence-corrected chi connectivity index (χ3v) is 4.80. The summed E-state index contributed by atoms with van der Waals surface area (Å²) in [6, 6.07) is 9.57. The molecule has 1 amide bonds. The topological polar surface area (TPSA) is 94.2 Å². The van der Waals surface area contributed by atoms with Crippen molar-refractivity contribution in [3.63, 3.8) is 0 Å². The molecule has 4 rings (SSSR count). The van der Waals surface area contributed by atoms with Gasteiger partial charge in [-0.3, -0.25) is 9.78 Å². The van der Waals surface area contributed by atoms with Crippen LogP contribution in [0.5, 0.6) is 5.75 Å². The molecule has 3 heterocycles. The number of primary amides is 1. The summed E-state index contributed by atoms with van der Waals surface area (Å²) >= 11 is 0. The average Bonchev–Trinajstić information content (AvgIpc) is 2.68. The van der Waals surface area contributed by atoms with Crippen LogP contribution in [0.3, 0.4) is 0 Å². The zero-order valence-corrected chi connectivity index (χ0v) is 15.1. The molecule has 0 radical (unpaired) electrons. The van der Waals surface area contributed by atoms with E-state index in [1.54, 1.807) is 24.7 Å². The zero-order chi connectivity index (χ0) is 18.8. The summed E-state index contributed by atoms with van der Waals surface area (Å²) in [4.78, 5) is 26.4. The van der Waals surface area contributed by atoms with Gasteiger partial charge in [0.25, 0.3) is 5.91 Å². The molecule has 2 N–H and O–H groups in total. The number of aryl methyl sites for hydroxylation is 1. The first-order valence-corrected chi connectivity index (χ1v) is 8.99. The zero-order valence-electron chi connectivity index (χ0n) is 15.1. The summed E-state index contributed by atoms with van der Waals surface area (Å²) in [5, 5.41) is 1.08. The van der Waals surface area contributed by atoms with Crippen LogP contribution in [0.2, 0.25) is 0 Å². The maximum Gasteiger partial charge on any atom is 0.267 e. The van der Waals surface area contributed by atoms with Crippen molar-refractivity contribution < 1.29 is 9.53 Å². The molecule has 0 spiro atoms. The van der Waals surface area contributed by atoms with Crippen molar-refractivity contribution in [1.29, 1.82) is 0 Å². The van der Waals surface area contributed by atoms with E-state index in [0.29, 0.717) is 5.75 Å². The van der Waals surface area contributed by atoms with Gasteiger partial charge in [-0.05, 0) is 25.1 Å². The van der Waals surface area contributed by atoms with Gasteiger partial charge < -0.3 is 15.4 Å². The molecular formula is C20H21N5O2. The third-order valence-electron chi connectivity index (χ3n) is 4.80. The summed E-state index contributed by atoms with van der Waals surface area (Å²) in [6.45, 7) is 3.77. The lowest BCUT2D eigenvalue weighted by molar-refractivity contribution is 0.0994. The summed E-state index contributed by atoms with van der Waals surface area (Å²) < 4.78 is 6.03. The van der Waals surface area contributed by atoms with Crippen LogP contribution in [0.4, 0.5) is 5.82 Å². The molecule has 1 aromatic carbocycles. The van der Waals surface area contributed by atoms with Gasteiger partial charge in [-0.2, -0.15) is 0 Å². The Bertz CT molecular complexity index is 983. The number of ether oxygens (including phenoxy) is 1. The number of aromatic nitrogens is 3. The van der Waals surface area contributed by atoms with Crippen LogP contribution in [0, 0.1) is 6.92 Å². The number of anilines is 1. The molecule has 0 atom stereocenters. The van der Waals surface area contributed by atoms with Gasteiger partial charge in [-0.15, -0.1) is 0 Å². The van der Waals surface area contributed by atoms with E-state index in [1.807, 2.05) is 6.07 Å². The smallest absolute Gasteiger partial charge is 0.267 e. The Morgan fingerprint density at radius 2 is 1.96 bits per heavy atom. The highest BCUT2D eigenvalue weighted by Crippen LogP contribution is 2.27. The van der Waals surface area contributed by atoms with Crippen molar-refractivity contribution in [3.05, 3.63) is 54.1 Å². The van der Waals surface area contributed by atoms with Gasteiger partial charge >= 0.3 is 0 Å². The quantitative estimate of drug-likeness (QED) is 0.765. The number of piperidine rings is 1. The van der Waals surface area contributed by atoms with Crippen LogP contribution in [-0.4, -0.2) is 40.1 Å². The molecule has 1 aliphatic rings. The van der Waals surface area contributed by atoms with Crippen LogP contribution >= 0.6 is 0 Å². The van der Waals surface area contributed by atoms with E-state index in [1.165, 1.54) is 5.56 Å². The van der Waals surface area contributed by atoms with Crippen molar-refractivity contribution in [2.75, 3.05) is 18.0 Å². The Labute approximate surface area is 157 Å². The fraction of sp³-hybridized carbons (Fsp3) is 0.300. The second kappa shape index (κ2) is 7.19. The highest BCUT2D eigenvalue weighted by atomic mass is 16.5. The lowest BCUT2D eigenvalue weighted by atomic mass is 10.1. The molecule has 3 aromatic rings. The van der Waals surface area contributed by atoms with Crippen LogP contribution in [0.15, 0.2) is 42.9 Å². The fourth-order valence-corrected chi connectivity index (χ4v) is 3.41. The number of benzene rings is 1. The van der Waals surface area contributed by atoms with Gasteiger partial charge in [-0.1, -0.05) is 11.6 Å². The number of hydrogen-bond acceptors (Lipinski definition) is 6. The van der Waals surface area contributed by atoms with Crippen molar-refractivity contribution in [3.8, 4) is 5.75 Å². The normalized spacial score (nSPS) is 15.1. The van der Waals surface area contributed by atoms with E-state index in [-0.39, 0.29) is 11.8 Å². The monoisotopic (exact) mass is 363 g/mol. The number of pyridine rings is 1. The first kappa shape index (κ1) is 17.2. The standard InChI is InChI=1S/C20H21N5O2/c1-13-2-3-17-16(10-13)20(24-12-23-17)25-8-5-14(6-9-25)27-15-4-7-22-18(11-15)19(21)26/h2-4,7,10-12,14H,5-6,8-9H2,1H3,(H2,21,26). The van der Waals surface area contributed by atoms with E-state index < -0.39 is 5.91 Å². The largest absolute Gasteiger partial charge is 0.490 e. The van der Waals surface area contributed by atoms with E-state index in [2.05, 4.69) is 38.9 Å². The highest BCUT2D eigenvalue weighted by molar-refractivity contribution is 5.91. The van der Waals surface area contributed by atoms with Gasteiger partial charge in [-0.25, -0.2) is 9.97 Å². The number of amides is 1. The summed E-state index contributed by atoms with van der Waals surface area (Å²) in [6.07, 6.45) is 4.98. The van der Waals surface area contributed by atoms with Crippen molar-refractivity contribution in [1.82, 2.24) is 15.0 Å². The molecule has 1 saturated heterocycles. The van der Waals surface area contributed by atoms with Crippen LogP contribution in [-0.2, 0) is 0 Å². The Morgan fingerprint density at radius 1 is 1.15 bits per heavy atom. The second-order valence-corrected chi connectivity index (χ2v) is 6.76. The second-order valence-electron chi connectivity index (χ2n) is 6.76. The molecular weight excluding hydrogens is 342 g/mol. The summed E-state index contributed by atoms with van der Waals surface area (Å²) in [7, 11) is 0. The molecule has 0 bridgehead atoms. The number of carbonyl (C=O) groups is 1. The highest BCUT2D eigenvalue weighted by Gasteiger charge is 2.23. The Balaban J connectivity index is 1.46. The maximum atomic E-state index is 11.3. The van der Waals surface area contributed by atoms with Gasteiger partial charge in [0.1, 0.15) is 29.7 Å². The van der Waals surface area contributed by atoms with Crippen molar-refractivity contribution in [2.24, 2.45) is 5.73 Å². The van der Waals surface area contributed by atoms with Gasteiger partial charge in [0.05, 0.1) is 5.52 Å². The predicted molar refractivity (Wildman–Crippen MR) is 103 cm³/mol. The Kier molecular flexibility index (Phi) is 4.58. The minimum Gasteiger partial charge on any atom is -0.490 e. The number of nitrogens with two attached hydrogens (primary N) is 1. The van der Waals surface area contributed by atoms with E-state index in [0.717, 1.165) is 42.7 Å². The Morgan fingerprint density at radius 3 is 2.74 bits per heavy atom. The van der Waals surface area contributed by atoms with E-state index >= 15 is 0 Å². The summed E-state index contributed by atoms with van der Waals surface area (Å²) in [5.74, 6) is 1.05. The minimum absolute atomic E-state index is 0.0826. The molecule has 7 nitrogen and oxygen atoms in total. The number of carbonyl (C=O) groups excluding carboxylic acids is 1. The number of nitrogens with zero attached hydrogens (tertiary/aromatic N) is 4. The van der Waals surface area contributed by atoms with E-state index in [4.69, 9.17) is 10.5 Å². The lowest BCUT2D eigenvalue weighted by Crippen LogP contribution is -2.38. The fourth-order valence-electron chi connectivity index (χ4n) is 3.41. The molecule has 27 heavy (non-hydrogen) atoms.